The number of carbonyl (C=O) groups is 1. The molecule has 0 spiro atoms. The number of carbonyl (C=O) groups excluding carboxylic acids is 1. The van der Waals surface area contributed by atoms with Crippen molar-refractivity contribution in [1.82, 2.24) is 10.6 Å². The van der Waals surface area contributed by atoms with Crippen molar-refractivity contribution in [3.8, 4) is 0 Å². The summed E-state index contributed by atoms with van der Waals surface area (Å²) < 4.78 is 0. The highest BCUT2D eigenvalue weighted by Crippen LogP contribution is 2.16. The fourth-order valence-electron chi connectivity index (χ4n) is 3.02. The van der Waals surface area contributed by atoms with Crippen molar-refractivity contribution in [1.29, 1.82) is 0 Å². The summed E-state index contributed by atoms with van der Waals surface area (Å²) in [4.78, 5) is 11.9. The second-order valence-corrected chi connectivity index (χ2v) is 6.11. The molecule has 0 saturated heterocycles. The van der Waals surface area contributed by atoms with Crippen molar-refractivity contribution in [3.05, 3.63) is 35.4 Å². The van der Waals surface area contributed by atoms with Crippen LogP contribution >= 0.6 is 0 Å². The molecular weight excluding hydrogens is 260 g/mol. The van der Waals surface area contributed by atoms with Crippen LogP contribution in [0.4, 0.5) is 0 Å². The monoisotopic (exact) mass is 288 g/mol. The van der Waals surface area contributed by atoms with Crippen LogP contribution in [0, 0.1) is 6.92 Å². The zero-order valence-corrected chi connectivity index (χ0v) is 13.2. The molecule has 1 saturated carbocycles. The first-order valence-electron chi connectivity index (χ1n) is 8.30. The lowest BCUT2D eigenvalue weighted by molar-refractivity contribution is -0.121. The van der Waals surface area contributed by atoms with Gasteiger partial charge in [-0.25, -0.2) is 0 Å². The summed E-state index contributed by atoms with van der Waals surface area (Å²) in [6.45, 7) is 3.42. The van der Waals surface area contributed by atoms with E-state index in [2.05, 4.69) is 41.8 Å². The Kier molecular flexibility index (Phi) is 6.74. The van der Waals surface area contributed by atoms with E-state index in [1.54, 1.807) is 0 Å². The van der Waals surface area contributed by atoms with Crippen molar-refractivity contribution >= 4 is 5.91 Å². The molecule has 1 aromatic carbocycles. The summed E-state index contributed by atoms with van der Waals surface area (Å²) in [6, 6.07) is 8.82. The van der Waals surface area contributed by atoms with Gasteiger partial charge < -0.3 is 10.6 Å². The molecule has 0 radical (unpaired) electrons. The molecular formula is C18H28N2O. The van der Waals surface area contributed by atoms with Crippen molar-refractivity contribution in [2.75, 3.05) is 13.1 Å². The largest absolute Gasteiger partial charge is 0.352 e. The fourth-order valence-corrected chi connectivity index (χ4v) is 3.02. The predicted molar refractivity (Wildman–Crippen MR) is 87.4 cm³/mol. The Morgan fingerprint density at radius 2 is 1.86 bits per heavy atom. The molecule has 2 rings (SSSR count). The standard InChI is InChI=1S/C18H28N2O/c1-15-8-6-7-9-16(15)12-13-19-14-18(21)20-17-10-4-2-3-5-11-17/h6-9,17,19H,2-5,10-14H2,1H3,(H,20,21). The van der Waals surface area contributed by atoms with Crippen LogP contribution in [-0.4, -0.2) is 25.0 Å². The molecule has 0 heterocycles. The smallest absolute Gasteiger partial charge is 0.234 e. The maximum Gasteiger partial charge on any atom is 0.234 e. The van der Waals surface area contributed by atoms with Crippen LogP contribution in [0.2, 0.25) is 0 Å². The third-order valence-corrected chi connectivity index (χ3v) is 4.34. The lowest BCUT2D eigenvalue weighted by Crippen LogP contribution is -2.40. The summed E-state index contributed by atoms with van der Waals surface area (Å²) in [5, 5.41) is 6.42. The summed E-state index contributed by atoms with van der Waals surface area (Å²) in [5.74, 6) is 0.145. The number of amides is 1. The minimum Gasteiger partial charge on any atom is -0.352 e. The van der Waals surface area contributed by atoms with Crippen molar-refractivity contribution < 1.29 is 4.79 Å². The van der Waals surface area contributed by atoms with Crippen LogP contribution in [0.15, 0.2) is 24.3 Å². The molecule has 1 aliphatic rings. The Bertz CT molecular complexity index is 437. The highest BCUT2D eigenvalue weighted by Gasteiger charge is 2.14. The Labute approximate surface area is 128 Å². The van der Waals surface area contributed by atoms with Crippen molar-refractivity contribution in [2.45, 2.75) is 57.9 Å². The van der Waals surface area contributed by atoms with E-state index in [1.807, 2.05) is 0 Å². The van der Waals surface area contributed by atoms with Crippen LogP contribution in [0.25, 0.3) is 0 Å². The first kappa shape index (κ1) is 16.0. The van der Waals surface area contributed by atoms with Crippen LogP contribution in [-0.2, 0) is 11.2 Å². The zero-order valence-electron chi connectivity index (χ0n) is 13.2. The molecule has 3 nitrogen and oxygen atoms in total. The fraction of sp³-hybridized carbons (Fsp3) is 0.611. The van der Waals surface area contributed by atoms with E-state index >= 15 is 0 Å². The van der Waals surface area contributed by atoms with E-state index in [0.717, 1.165) is 25.8 Å². The summed E-state index contributed by atoms with van der Waals surface area (Å²) in [5.41, 5.74) is 2.68. The average molecular weight is 288 g/mol. The molecule has 0 bridgehead atoms. The molecule has 2 N–H and O–H groups in total. The van der Waals surface area contributed by atoms with E-state index in [0.29, 0.717) is 12.6 Å². The Morgan fingerprint density at radius 3 is 2.57 bits per heavy atom. The van der Waals surface area contributed by atoms with E-state index in [-0.39, 0.29) is 5.91 Å². The van der Waals surface area contributed by atoms with Gasteiger partial charge in [-0.05, 0) is 43.9 Å². The highest BCUT2D eigenvalue weighted by atomic mass is 16.1. The molecule has 116 valence electrons. The van der Waals surface area contributed by atoms with Crippen LogP contribution in [0.5, 0.6) is 0 Å². The molecule has 1 aromatic rings. The van der Waals surface area contributed by atoms with Gasteiger partial charge in [0.25, 0.3) is 0 Å². The Hall–Kier alpha value is -1.35. The quantitative estimate of drug-likeness (QED) is 0.624. The van der Waals surface area contributed by atoms with Gasteiger partial charge in [0.05, 0.1) is 6.54 Å². The van der Waals surface area contributed by atoms with Gasteiger partial charge in [-0.1, -0.05) is 49.9 Å². The van der Waals surface area contributed by atoms with Gasteiger partial charge in [-0.2, -0.15) is 0 Å². The number of hydrogen-bond donors (Lipinski definition) is 2. The lowest BCUT2D eigenvalue weighted by atomic mass is 10.1. The Balaban J connectivity index is 1.62. The maximum atomic E-state index is 11.9. The SMILES string of the molecule is Cc1ccccc1CCNCC(=O)NC1CCCCCC1. The van der Waals surface area contributed by atoms with E-state index < -0.39 is 0 Å². The second kappa shape index (κ2) is 8.83. The molecule has 0 atom stereocenters. The molecule has 1 aliphatic carbocycles. The second-order valence-electron chi connectivity index (χ2n) is 6.11. The first-order valence-corrected chi connectivity index (χ1v) is 8.30. The third-order valence-electron chi connectivity index (χ3n) is 4.34. The molecule has 21 heavy (non-hydrogen) atoms. The van der Waals surface area contributed by atoms with Gasteiger partial charge in [0.15, 0.2) is 0 Å². The number of rotatable bonds is 6. The van der Waals surface area contributed by atoms with Crippen LogP contribution in [0.3, 0.4) is 0 Å². The minimum absolute atomic E-state index is 0.145. The van der Waals surface area contributed by atoms with Crippen molar-refractivity contribution in [3.63, 3.8) is 0 Å². The topological polar surface area (TPSA) is 41.1 Å². The first-order chi connectivity index (χ1) is 10.3. The Morgan fingerprint density at radius 1 is 1.14 bits per heavy atom. The number of nitrogens with one attached hydrogen (secondary N) is 2. The van der Waals surface area contributed by atoms with Crippen molar-refractivity contribution in [2.24, 2.45) is 0 Å². The summed E-state index contributed by atoms with van der Waals surface area (Å²) in [6.07, 6.45) is 8.42. The van der Waals surface area contributed by atoms with E-state index in [4.69, 9.17) is 0 Å². The third kappa shape index (κ3) is 5.88. The number of aryl methyl sites for hydroxylation is 1. The highest BCUT2D eigenvalue weighted by molar-refractivity contribution is 5.78. The molecule has 0 aromatic heterocycles. The van der Waals surface area contributed by atoms with Gasteiger partial charge in [-0.15, -0.1) is 0 Å². The van der Waals surface area contributed by atoms with E-state index in [9.17, 15) is 4.79 Å². The zero-order chi connectivity index (χ0) is 14.9. The van der Waals surface area contributed by atoms with Gasteiger partial charge in [-0.3, -0.25) is 4.79 Å². The van der Waals surface area contributed by atoms with Gasteiger partial charge in [0, 0.05) is 6.04 Å². The molecule has 0 unspecified atom stereocenters. The maximum absolute atomic E-state index is 11.9. The molecule has 1 amide bonds. The summed E-state index contributed by atoms with van der Waals surface area (Å²) in [7, 11) is 0. The van der Waals surface area contributed by atoms with Crippen LogP contribution < -0.4 is 10.6 Å². The van der Waals surface area contributed by atoms with Crippen LogP contribution in [0.1, 0.15) is 49.7 Å². The molecule has 0 aliphatic heterocycles. The lowest BCUT2D eigenvalue weighted by Gasteiger charge is -2.16. The predicted octanol–water partition coefficient (Wildman–Crippen LogP) is 2.97. The number of benzene rings is 1. The average Bonchev–Trinajstić information content (AvgIpc) is 2.74. The molecule has 3 heteroatoms. The van der Waals surface area contributed by atoms with E-state index in [1.165, 1.54) is 36.8 Å². The summed E-state index contributed by atoms with van der Waals surface area (Å²) >= 11 is 0. The number of hydrogen-bond acceptors (Lipinski definition) is 2. The van der Waals surface area contributed by atoms with Gasteiger partial charge in [0.2, 0.25) is 5.91 Å². The van der Waals surface area contributed by atoms with Gasteiger partial charge >= 0.3 is 0 Å². The van der Waals surface area contributed by atoms with Gasteiger partial charge in [0.1, 0.15) is 0 Å². The minimum atomic E-state index is 0.145. The normalized spacial score (nSPS) is 16.4. The molecule has 1 fully saturated rings.